The molecule has 1 unspecified atom stereocenters. The fourth-order valence-electron chi connectivity index (χ4n) is 3.52. The molecule has 0 aromatic heterocycles. The van der Waals surface area contributed by atoms with Gasteiger partial charge in [-0.3, -0.25) is 14.7 Å². The molecule has 2 saturated heterocycles. The third-order valence-corrected chi connectivity index (χ3v) is 4.98. The van der Waals surface area contributed by atoms with Crippen molar-refractivity contribution in [2.45, 2.75) is 25.5 Å². The molecule has 0 bridgehead atoms. The highest BCUT2D eigenvalue weighted by atomic mass is 19.3. The fraction of sp³-hybridized carbons (Fsp3) is 0.526. The quantitative estimate of drug-likeness (QED) is 0.343. The van der Waals surface area contributed by atoms with Crippen LogP contribution in [0, 0.1) is 0 Å². The fourth-order valence-corrected chi connectivity index (χ4v) is 3.52. The summed E-state index contributed by atoms with van der Waals surface area (Å²) in [6.07, 6.45) is 1.92. The Bertz CT molecular complexity index is 758. The Morgan fingerprint density at radius 3 is 2.73 bits per heavy atom. The maximum atomic E-state index is 12.3. The zero-order valence-electron chi connectivity index (χ0n) is 16.7. The number of hydrogen-bond donors (Lipinski definition) is 3. The number of piperidine rings is 1. The number of halogens is 2. The molecule has 1 aromatic carbocycles. The van der Waals surface area contributed by atoms with Crippen molar-refractivity contribution in [1.82, 2.24) is 20.9 Å². The van der Waals surface area contributed by atoms with Crippen LogP contribution in [-0.2, 0) is 4.79 Å². The molecule has 2 aliphatic rings. The number of ether oxygens (including phenoxy) is 1. The van der Waals surface area contributed by atoms with Crippen molar-refractivity contribution >= 4 is 23.6 Å². The molecule has 1 aromatic rings. The number of amides is 3. The van der Waals surface area contributed by atoms with Gasteiger partial charge in [-0.05, 0) is 37.1 Å². The Hall–Kier alpha value is -3.11. The average molecular weight is 424 g/mol. The summed E-state index contributed by atoms with van der Waals surface area (Å²) in [6.45, 7) is -0.555. The zero-order valence-corrected chi connectivity index (χ0v) is 16.7. The molecule has 30 heavy (non-hydrogen) atoms. The Labute approximate surface area is 173 Å². The molecule has 11 heteroatoms. The second kappa shape index (κ2) is 10.1. The van der Waals surface area contributed by atoms with Crippen molar-refractivity contribution in [3.63, 3.8) is 0 Å². The van der Waals surface area contributed by atoms with Crippen LogP contribution >= 0.6 is 0 Å². The second-order valence-corrected chi connectivity index (χ2v) is 7.00. The van der Waals surface area contributed by atoms with E-state index in [4.69, 9.17) is 0 Å². The SMILES string of the molecule is CN=C(NCCN1C(=O)CNC1=O)NC1CCCN(c2ccc(OC(F)F)cc2)C1. The summed E-state index contributed by atoms with van der Waals surface area (Å²) in [5.74, 6) is 0.488. The van der Waals surface area contributed by atoms with Crippen LogP contribution < -0.4 is 25.6 Å². The lowest BCUT2D eigenvalue weighted by Gasteiger charge is -2.35. The highest BCUT2D eigenvalue weighted by Crippen LogP contribution is 2.23. The van der Waals surface area contributed by atoms with E-state index in [1.807, 2.05) is 0 Å². The van der Waals surface area contributed by atoms with Crippen molar-refractivity contribution in [3.8, 4) is 5.75 Å². The van der Waals surface area contributed by atoms with Crippen molar-refractivity contribution in [1.29, 1.82) is 0 Å². The van der Waals surface area contributed by atoms with Crippen molar-refractivity contribution in [3.05, 3.63) is 24.3 Å². The number of aliphatic imine (C=N–C) groups is 1. The number of rotatable bonds is 7. The van der Waals surface area contributed by atoms with E-state index < -0.39 is 6.61 Å². The number of carbonyl (C=O) groups is 2. The molecule has 3 N–H and O–H groups in total. The average Bonchev–Trinajstić information content (AvgIpc) is 3.05. The molecule has 164 valence electrons. The molecule has 0 aliphatic carbocycles. The van der Waals surface area contributed by atoms with E-state index in [2.05, 4.69) is 30.6 Å². The first-order valence-electron chi connectivity index (χ1n) is 9.81. The number of imide groups is 1. The number of nitrogens with one attached hydrogen (secondary N) is 3. The van der Waals surface area contributed by atoms with E-state index in [0.29, 0.717) is 12.5 Å². The van der Waals surface area contributed by atoms with Gasteiger partial charge in [-0.15, -0.1) is 0 Å². The van der Waals surface area contributed by atoms with Gasteiger partial charge in [0.15, 0.2) is 5.96 Å². The van der Waals surface area contributed by atoms with Crippen LogP contribution in [0.1, 0.15) is 12.8 Å². The van der Waals surface area contributed by atoms with Gasteiger partial charge in [0, 0.05) is 45.0 Å². The van der Waals surface area contributed by atoms with E-state index >= 15 is 0 Å². The van der Waals surface area contributed by atoms with Gasteiger partial charge in [-0.25, -0.2) is 4.79 Å². The molecule has 2 fully saturated rings. The first-order chi connectivity index (χ1) is 14.5. The van der Waals surface area contributed by atoms with Crippen LogP contribution in [0.25, 0.3) is 0 Å². The number of nitrogens with zero attached hydrogens (tertiary/aromatic N) is 3. The van der Waals surface area contributed by atoms with Gasteiger partial charge in [0.25, 0.3) is 0 Å². The number of anilines is 1. The van der Waals surface area contributed by atoms with Crippen molar-refractivity contribution in [2.24, 2.45) is 4.99 Å². The van der Waals surface area contributed by atoms with Gasteiger partial charge < -0.3 is 25.6 Å². The number of alkyl halides is 2. The number of benzene rings is 1. The third-order valence-electron chi connectivity index (χ3n) is 4.98. The van der Waals surface area contributed by atoms with Gasteiger partial charge in [-0.2, -0.15) is 8.78 Å². The first kappa shape index (κ1) is 21.6. The molecule has 3 rings (SSSR count). The molecule has 2 heterocycles. The Morgan fingerprint density at radius 1 is 1.33 bits per heavy atom. The first-order valence-corrected chi connectivity index (χ1v) is 9.81. The lowest BCUT2D eigenvalue weighted by Crippen LogP contribution is -2.52. The van der Waals surface area contributed by atoms with Gasteiger partial charge in [0.05, 0.1) is 6.54 Å². The zero-order chi connectivity index (χ0) is 21.5. The van der Waals surface area contributed by atoms with Gasteiger partial charge in [0.1, 0.15) is 5.75 Å². The monoisotopic (exact) mass is 424 g/mol. The molecule has 0 spiro atoms. The smallest absolute Gasteiger partial charge is 0.387 e. The van der Waals surface area contributed by atoms with Crippen LogP contribution in [0.15, 0.2) is 29.3 Å². The highest BCUT2D eigenvalue weighted by molar-refractivity contribution is 6.01. The lowest BCUT2D eigenvalue weighted by molar-refractivity contribution is -0.124. The van der Waals surface area contributed by atoms with Gasteiger partial charge >= 0.3 is 12.6 Å². The summed E-state index contributed by atoms with van der Waals surface area (Å²) in [4.78, 5) is 30.7. The number of guanidine groups is 1. The molecule has 1 atom stereocenters. The van der Waals surface area contributed by atoms with Gasteiger partial charge in [0.2, 0.25) is 5.91 Å². The minimum Gasteiger partial charge on any atom is -0.435 e. The van der Waals surface area contributed by atoms with Crippen LogP contribution in [0.4, 0.5) is 19.3 Å². The van der Waals surface area contributed by atoms with Crippen LogP contribution in [0.5, 0.6) is 5.75 Å². The van der Waals surface area contributed by atoms with E-state index in [9.17, 15) is 18.4 Å². The summed E-state index contributed by atoms with van der Waals surface area (Å²) >= 11 is 0. The number of hydrogen-bond acceptors (Lipinski definition) is 5. The largest absolute Gasteiger partial charge is 0.435 e. The molecule has 9 nitrogen and oxygen atoms in total. The van der Waals surface area contributed by atoms with E-state index in [1.54, 1.807) is 19.2 Å². The number of urea groups is 1. The molecular weight excluding hydrogens is 398 g/mol. The van der Waals surface area contributed by atoms with E-state index in [-0.39, 0.29) is 36.8 Å². The summed E-state index contributed by atoms with van der Waals surface area (Å²) in [7, 11) is 1.66. The molecule has 3 amide bonds. The molecule has 2 aliphatic heterocycles. The lowest BCUT2D eigenvalue weighted by atomic mass is 10.0. The normalized spacial score (nSPS) is 19.9. The van der Waals surface area contributed by atoms with Crippen LogP contribution in [0.2, 0.25) is 0 Å². The molecule has 0 radical (unpaired) electrons. The van der Waals surface area contributed by atoms with Crippen LogP contribution in [-0.4, -0.2) is 75.2 Å². The standard InChI is InChI=1S/C19H26F2N6O3/c1-22-18(23-8-10-27-16(28)11-24-19(27)29)25-13-3-2-9-26(12-13)14-4-6-15(7-5-14)30-17(20)21/h4-7,13,17H,2-3,8-12H2,1H3,(H,24,29)(H2,22,23,25). The van der Waals surface area contributed by atoms with Crippen LogP contribution in [0.3, 0.4) is 0 Å². The van der Waals surface area contributed by atoms with E-state index in [0.717, 1.165) is 31.6 Å². The summed E-state index contributed by atoms with van der Waals surface area (Å²) in [5.41, 5.74) is 0.935. The number of carbonyl (C=O) groups excluding carboxylic acids is 2. The topological polar surface area (TPSA) is 98.3 Å². The summed E-state index contributed by atoms with van der Waals surface area (Å²) in [5, 5.41) is 8.97. The second-order valence-electron chi connectivity index (χ2n) is 7.00. The predicted octanol–water partition coefficient (Wildman–Crippen LogP) is 0.974. The molecular formula is C19H26F2N6O3. The summed E-state index contributed by atoms with van der Waals surface area (Å²) < 4.78 is 29.0. The maximum absolute atomic E-state index is 12.3. The van der Waals surface area contributed by atoms with Gasteiger partial charge in [-0.1, -0.05) is 0 Å². The van der Waals surface area contributed by atoms with Crippen molar-refractivity contribution < 1.29 is 23.1 Å². The Morgan fingerprint density at radius 2 is 2.10 bits per heavy atom. The third kappa shape index (κ3) is 5.71. The summed E-state index contributed by atoms with van der Waals surface area (Å²) in [6, 6.07) is 6.37. The minimum atomic E-state index is -2.84. The predicted molar refractivity (Wildman–Crippen MR) is 108 cm³/mol. The Kier molecular flexibility index (Phi) is 7.26. The van der Waals surface area contributed by atoms with Crippen molar-refractivity contribution in [2.75, 3.05) is 44.7 Å². The van der Waals surface area contributed by atoms with E-state index in [1.165, 1.54) is 17.0 Å². The minimum absolute atomic E-state index is 0.0406. The maximum Gasteiger partial charge on any atom is 0.387 e. The Balaban J connectivity index is 1.48. The highest BCUT2D eigenvalue weighted by Gasteiger charge is 2.28. The molecule has 0 saturated carbocycles.